The standard InChI is InChI=1S/C19H18N2O3/c1-2-11-24-18-6-4-3-5-17(18)14-7-9-16(10-8-14)21-13-15(12-20-21)19(22)23/h3-10,12-13H,2,11H2,1H3,(H,22,23). The summed E-state index contributed by atoms with van der Waals surface area (Å²) in [4.78, 5) is 10.9. The molecule has 5 nitrogen and oxygen atoms in total. The van der Waals surface area contributed by atoms with Crippen LogP contribution in [0.1, 0.15) is 23.7 Å². The average Bonchev–Trinajstić information content (AvgIpc) is 3.11. The Balaban J connectivity index is 1.88. The minimum absolute atomic E-state index is 0.164. The van der Waals surface area contributed by atoms with E-state index in [9.17, 15) is 4.79 Å². The van der Waals surface area contributed by atoms with Crippen LogP contribution in [0.5, 0.6) is 5.75 Å². The minimum Gasteiger partial charge on any atom is -0.493 e. The maximum absolute atomic E-state index is 10.9. The lowest BCUT2D eigenvalue weighted by molar-refractivity contribution is 0.0697. The third kappa shape index (κ3) is 3.30. The molecule has 24 heavy (non-hydrogen) atoms. The van der Waals surface area contributed by atoms with Crippen molar-refractivity contribution in [3.05, 3.63) is 66.5 Å². The Kier molecular flexibility index (Phi) is 4.61. The van der Waals surface area contributed by atoms with Gasteiger partial charge in [-0.05, 0) is 30.2 Å². The summed E-state index contributed by atoms with van der Waals surface area (Å²) in [6, 6.07) is 15.7. The first-order valence-corrected chi connectivity index (χ1v) is 7.79. The smallest absolute Gasteiger partial charge is 0.338 e. The molecule has 0 saturated carbocycles. The summed E-state index contributed by atoms with van der Waals surface area (Å²) in [5.41, 5.74) is 3.04. The molecule has 0 amide bonds. The summed E-state index contributed by atoms with van der Waals surface area (Å²) in [5.74, 6) is -0.126. The fourth-order valence-electron chi connectivity index (χ4n) is 2.41. The molecule has 0 saturated heterocycles. The summed E-state index contributed by atoms with van der Waals surface area (Å²) >= 11 is 0. The van der Waals surface area contributed by atoms with Gasteiger partial charge in [0.25, 0.3) is 0 Å². The highest BCUT2D eigenvalue weighted by Crippen LogP contribution is 2.30. The number of carboxylic acids is 1. The maximum Gasteiger partial charge on any atom is 0.338 e. The zero-order valence-corrected chi connectivity index (χ0v) is 13.3. The van der Waals surface area contributed by atoms with E-state index in [0.29, 0.717) is 6.61 Å². The van der Waals surface area contributed by atoms with Crippen molar-refractivity contribution >= 4 is 5.97 Å². The highest BCUT2D eigenvalue weighted by molar-refractivity contribution is 5.87. The molecule has 1 N–H and O–H groups in total. The van der Waals surface area contributed by atoms with E-state index in [4.69, 9.17) is 9.84 Å². The molecule has 0 atom stereocenters. The monoisotopic (exact) mass is 322 g/mol. The van der Waals surface area contributed by atoms with Crippen LogP contribution in [0.25, 0.3) is 16.8 Å². The summed E-state index contributed by atoms with van der Waals surface area (Å²) in [7, 11) is 0. The quantitative estimate of drug-likeness (QED) is 0.744. The minimum atomic E-state index is -0.986. The number of hydrogen-bond donors (Lipinski definition) is 1. The van der Waals surface area contributed by atoms with Gasteiger partial charge in [-0.3, -0.25) is 0 Å². The summed E-state index contributed by atoms with van der Waals surface area (Å²) < 4.78 is 7.35. The molecule has 0 aliphatic carbocycles. The van der Waals surface area contributed by atoms with Gasteiger partial charge in [-0.1, -0.05) is 37.3 Å². The molecule has 3 aromatic rings. The number of nitrogens with zero attached hydrogens (tertiary/aromatic N) is 2. The Morgan fingerprint density at radius 3 is 2.58 bits per heavy atom. The number of aromatic carboxylic acids is 1. The van der Waals surface area contributed by atoms with Crippen LogP contribution in [-0.4, -0.2) is 27.5 Å². The molecule has 0 unspecified atom stereocenters. The second kappa shape index (κ2) is 7.00. The van der Waals surface area contributed by atoms with Crippen LogP contribution in [0.3, 0.4) is 0 Å². The Bertz CT molecular complexity index is 838. The second-order valence-corrected chi connectivity index (χ2v) is 5.37. The van der Waals surface area contributed by atoms with Crippen molar-refractivity contribution in [3.8, 4) is 22.6 Å². The van der Waals surface area contributed by atoms with E-state index in [1.807, 2.05) is 48.5 Å². The van der Waals surface area contributed by atoms with Crippen molar-refractivity contribution < 1.29 is 14.6 Å². The molecule has 0 bridgehead atoms. The Hall–Kier alpha value is -3.08. The fourth-order valence-corrected chi connectivity index (χ4v) is 2.41. The molecule has 0 aliphatic rings. The number of carboxylic acid groups (broad SMARTS) is 1. The van der Waals surface area contributed by atoms with Gasteiger partial charge in [0.15, 0.2) is 0 Å². The fraction of sp³-hybridized carbons (Fsp3) is 0.158. The number of carbonyl (C=O) groups is 1. The molecule has 1 aromatic heterocycles. The first-order chi connectivity index (χ1) is 11.7. The molecule has 0 aliphatic heterocycles. The van der Waals surface area contributed by atoms with Gasteiger partial charge < -0.3 is 9.84 Å². The van der Waals surface area contributed by atoms with Gasteiger partial charge in [0.05, 0.1) is 24.1 Å². The highest BCUT2D eigenvalue weighted by Gasteiger charge is 2.09. The predicted octanol–water partition coefficient (Wildman–Crippen LogP) is 4.03. The third-order valence-corrected chi connectivity index (χ3v) is 3.62. The van der Waals surface area contributed by atoms with Gasteiger partial charge in [-0.25, -0.2) is 9.48 Å². The largest absolute Gasteiger partial charge is 0.493 e. The average molecular weight is 322 g/mol. The van der Waals surface area contributed by atoms with E-state index in [1.165, 1.54) is 12.4 Å². The lowest BCUT2D eigenvalue weighted by atomic mass is 10.0. The molecule has 1 heterocycles. The number of para-hydroxylation sites is 1. The van der Waals surface area contributed by atoms with E-state index < -0.39 is 5.97 Å². The number of hydrogen-bond acceptors (Lipinski definition) is 3. The Morgan fingerprint density at radius 1 is 1.17 bits per heavy atom. The normalized spacial score (nSPS) is 10.5. The molecule has 0 radical (unpaired) electrons. The molecule has 0 fully saturated rings. The zero-order valence-electron chi connectivity index (χ0n) is 13.3. The maximum atomic E-state index is 10.9. The summed E-state index contributed by atoms with van der Waals surface area (Å²) in [6.45, 7) is 2.76. The van der Waals surface area contributed by atoms with Gasteiger partial charge in [0.1, 0.15) is 5.75 Å². The molecule has 3 rings (SSSR count). The lowest BCUT2D eigenvalue weighted by Gasteiger charge is -2.11. The number of ether oxygens (including phenoxy) is 1. The molecular formula is C19H18N2O3. The number of benzene rings is 2. The second-order valence-electron chi connectivity index (χ2n) is 5.37. The molecule has 5 heteroatoms. The van der Waals surface area contributed by atoms with Crippen LogP contribution in [0.15, 0.2) is 60.9 Å². The van der Waals surface area contributed by atoms with E-state index >= 15 is 0 Å². The van der Waals surface area contributed by atoms with Crippen molar-refractivity contribution in [2.45, 2.75) is 13.3 Å². The van der Waals surface area contributed by atoms with Crippen molar-refractivity contribution in [3.63, 3.8) is 0 Å². The van der Waals surface area contributed by atoms with Crippen LogP contribution in [0.4, 0.5) is 0 Å². The first kappa shape index (κ1) is 15.8. The Morgan fingerprint density at radius 2 is 1.92 bits per heavy atom. The number of rotatable bonds is 6. The molecule has 122 valence electrons. The van der Waals surface area contributed by atoms with E-state index in [-0.39, 0.29) is 5.56 Å². The summed E-state index contributed by atoms with van der Waals surface area (Å²) in [6.07, 6.45) is 3.79. The van der Waals surface area contributed by atoms with Crippen LogP contribution < -0.4 is 4.74 Å². The molecule has 2 aromatic carbocycles. The SMILES string of the molecule is CCCOc1ccccc1-c1ccc(-n2cc(C(=O)O)cn2)cc1. The Labute approximate surface area is 140 Å². The summed E-state index contributed by atoms with van der Waals surface area (Å²) in [5, 5.41) is 13.1. The van der Waals surface area contributed by atoms with Gasteiger partial charge in [-0.15, -0.1) is 0 Å². The van der Waals surface area contributed by atoms with E-state index in [1.54, 1.807) is 4.68 Å². The van der Waals surface area contributed by atoms with E-state index in [0.717, 1.165) is 29.0 Å². The van der Waals surface area contributed by atoms with Crippen molar-refractivity contribution in [2.24, 2.45) is 0 Å². The topological polar surface area (TPSA) is 64.3 Å². The van der Waals surface area contributed by atoms with Gasteiger partial charge in [0, 0.05) is 11.8 Å². The highest BCUT2D eigenvalue weighted by atomic mass is 16.5. The first-order valence-electron chi connectivity index (χ1n) is 7.79. The van der Waals surface area contributed by atoms with E-state index in [2.05, 4.69) is 12.0 Å². The van der Waals surface area contributed by atoms with Gasteiger partial charge in [0.2, 0.25) is 0 Å². The molecular weight excluding hydrogens is 304 g/mol. The van der Waals surface area contributed by atoms with Crippen molar-refractivity contribution in [2.75, 3.05) is 6.61 Å². The van der Waals surface area contributed by atoms with Crippen LogP contribution >= 0.6 is 0 Å². The van der Waals surface area contributed by atoms with Gasteiger partial charge >= 0.3 is 5.97 Å². The zero-order chi connectivity index (χ0) is 16.9. The number of aromatic nitrogens is 2. The predicted molar refractivity (Wildman–Crippen MR) is 91.7 cm³/mol. The van der Waals surface area contributed by atoms with Crippen LogP contribution in [0, 0.1) is 0 Å². The van der Waals surface area contributed by atoms with Crippen molar-refractivity contribution in [1.82, 2.24) is 9.78 Å². The molecule has 0 spiro atoms. The van der Waals surface area contributed by atoms with Crippen LogP contribution in [-0.2, 0) is 0 Å². The van der Waals surface area contributed by atoms with Crippen molar-refractivity contribution in [1.29, 1.82) is 0 Å². The van der Waals surface area contributed by atoms with Crippen LogP contribution in [0.2, 0.25) is 0 Å². The lowest BCUT2D eigenvalue weighted by Crippen LogP contribution is -1.97. The van der Waals surface area contributed by atoms with Gasteiger partial charge in [-0.2, -0.15) is 5.10 Å². The third-order valence-electron chi connectivity index (χ3n) is 3.62.